The Morgan fingerprint density at radius 3 is 2.64 bits per heavy atom. The van der Waals surface area contributed by atoms with E-state index in [4.69, 9.17) is 5.11 Å². The molecule has 5 nitrogen and oxygen atoms in total. The number of aliphatic hydroxyl groups is 1. The van der Waals surface area contributed by atoms with Crippen molar-refractivity contribution in [2.75, 3.05) is 13.7 Å². The van der Waals surface area contributed by atoms with E-state index in [9.17, 15) is 0 Å². The molecule has 0 bridgehead atoms. The Morgan fingerprint density at radius 1 is 1.57 bits per heavy atom. The highest BCUT2D eigenvalue weighted by atomic mass is 16.3. The number of hydrogen-bond donors (Lipinski definition) is 1. The number of rotatable bonds is 4. The fourth-order valence-electron chi connectivity index (χ4n) is 1.05. The Balaban J connectivity index is 2.61. The Bertz CT molecular complexity index is 295. The molecule has 0 fully saturated rings. The predicted molar refractivity (Wildman–Crippen MR) is 53.6 cm³/mol. The molecule has 0 amide bonds. The van der Waals surface area contributed by atoms with E-state index in [0.29, 0.717) is 6.54 Å². The van der Waals surface area contributed by atoms with Gasteiger partial charge in [-0.1, -0.05) is 5.21 Å². The third kappa shape index (κ3) is 2.52. The molecule has 0 saturated heterocycles. The quantitative estimate of drug-likeness (QED) is 0.741. The number of likely N-dealkylation sites (N-methyl/N-ethyl adjacent to an activating group) is 1. The Morgan fingerprint density at radius 2 is 2.21 bits per heavy atom. The van der Waals surface area contributed by atoms with Crippen molar-refractivity contribution in [1.82, 2.24) is 19.9 Å². The van der Waals surface area contributed by atoms with Gasteiger partial charge >= 0.3 is 0 Å². The summed E-state index contributed by atoms with van der Waals surface area (Å²) in [7, 11) is 3.80. The lowest BCUT2D eigenvalue weighted by Gasteiger charge is -2.33. The van der Waals surface area contributed by atoms with Gasteiger partial charge in [0.2, 0.25) is 0 Å². The van der Waals surface area contributed by atoms with Gasteiger partial charge in [-0.15, -0.1) is 5.10 Å². The van der Waals surface area contributed by atoms with E-state index in [2.05, 4.69) is 15.2 Å². The van der Waals surface area contributed by atoms with Crippen LogP contribution < -0.4 is 0 Å². The Kier molecular flexibility index (Phi) is 3.23. The van der Waals surface area contributed by atoms with Crippen molar-refractivity contribution in [3.05, 3.63) is 11.9 Å². The van der Waals surface area contributed by atoms with Crippen LogP contribution in [0.3, 0.4) is 0 Å². The van der Waals surface area contributed by atoms with Gasteiger partial charge in [0, 0.05) is 25.3 Å². The molecule has 0 spiro atoms. The van der Waals surface area contributed by atoms with Crippen LogP contribution in [0, 0.1) is 0 Å². The van der Waals surface area contributed by atoms with Crippen molar-refractivity contribution in [1.29, 1.82) is 0 Å². The van der Waals surface area contributed by atoms with Gasteiger partial charge in [0.1, 0.15) is 0 Å². The van der Waals surface area contributed by atoms with Gasteiger partial charge in [-0.05, 0) is 20.9 Å². The van der Waals surface area contributed by atoms with Crippen molar-refractivity contribution in [3.63, 3.8) is 0 Å². The highest BCUT2D eigenvalue weighted by Gasteiger charge is 2.22. The van der Waals surface area contributed by atoms with Crippen LogP contribution in [0.5, 0.6) is 0 Å². The molecule has 0 aliphatic carbocycles. The van der Waals surface area contributed by atoms with Crippen molar-refractivity contribution in [2.45, 2.75) is 25.9 Å². The maximum atomic E-state index is 9.16. The molecule has 0 saturated carbocycles. The standard InChI is InChI=1S/C9H18N4O/c1-9(2,7-14)12(3)5-8-6-13(4)11-10-8/h6,14H,5,7H2,1-4H3. The van der Waals surface area contributed by atoms with E-state index >= 15 is 0 Å². The summed E-state index contributed by atoms with van der Waals surface area (Å²) < 4.78 is 1.68. The molecule has 0 aromatic carbocycles. The second-order valence-corrected chi connectivity index (χ2v) is 4.21. The van der Waals surface area contributed by atoms with Crippen LogP contribution in [-0.2, 0) is 13.6 Å². The van der Waals surface area contributed by atoms with Crippen LogP contribution in [0.4, 0.5) is 0 Å². The smallest absolute Gasteiger partial charge is 0.0967 e. The molecule has 1 aromatic rings. The summed E-state index contributed by atoms with van der Waals surface area (Å²) in [6.45, 7) is 4.80. The Hall–Kier alpha value is -0.940. The van der Waals surface area contributed by atoms with Gasteiger partial charge in [-0.3, -0.25) is 9.58 Å². The minimum absolute atomic E-state index is 0.129. The zero-order valence-electron chi connectivity index (χ0n) is 9.23. The first-order valence-corrected chi connectivity index (χ1v) is 4.63. The fraction of sp³-hybridized carbons (Fsp3) is 0.778. The van der Waals surface area contributed by atoms with Crippen molar-refractivity contribution >= 4 is 0 Å². The highest BCUT2D eigenvalue weighted by Crippen LogP contribution is 2.13. The molecule has 0 aliphatic rings. The van der Waals surface area contributed by atoms with Crippen molar-refractivity contribution in [2.24, 2.45) is 7.05 Å². The van der Waals surface area contributed by atoms with Crippen LogP contribution in [-0.4, -0.2) is 44.2 Å². The first-order chi connectivity index (χ1) is 6.45. The van der Waals surface area contributed by atoms with E-state index in [-0.39, 0.29) is 12.1 Å². The van der Waals surface area contributed by atoms with E-state index in [0.717, 1.165) is 5.69 Å². The van der Waals surface area contributed by atoms with Gasteiger partial charge in [-0.25, -0.2) is 0 Å². The van der Waals surface area contributed by atoms with Gasteiger partial charge < -0.3 is 5.11 Å². The van der Waals surface area contributed by atoms with Crippen LogP contribution in [0.15, 0.2) is 6.20 Å². The number of aromatic nitrogens is 3. The maximum Gasteiger partial charge on any atom is 0.0967 e. The first kappa shape index (κ1) is 11.1. The Labute approximate surface area is 84.3 Å². The number of aliphatic hydroxyl groups excluding tert-OH is 1. The number of hydrogen-bond acceptors (Lipinski definition) is 4. The molecule has 0 radical (unpaired) electrons. The summed E-state index contributed by atoms with van der Waals surface area (Å²) in [6.07, 6.45) is 1.88. The van der Waals surface area contributed by atoms with Crippen LogP contribution >= 0.6 is 0 Å². The molecular weight excluding hydrogens is 180 g/mol. The van der Waals surface area contributed by atoms with Crippen LogP contribution in [0.1, 0.15) is 19.5 Å². The molecule has 1 heterocycles. The summed E-state index contributed by atoms with van der Waals surface area (Å²) in [4.78, 5) is 2.05. The minimum atomic E-state index is -0.225. The molecule has 1 aromatic heterocycles. The summed E-state index contributed by atoms with van der Waals surface area (Å²) in [5, 5.41) is 17.0. The molecule has 14 heavy (non-hydrogen) atoms. The largest absolute Gasteiger partial charge is 0.394 e. The highest BCUT2D eigenvalue weighted by molar-refractivity contribution is 4.93. The normalized spacial score (nSPS) is 12.4. The average Bonchev–Trinajstić information content (AvgIpc) is 2.51. The average molecular weight is 198 g/mol. The van der Waals surface area contributed by atoms with Crippen LogP contribution in [0.25, 0.3) is 0 Å². The molecule has 80 valence electrons. The van der Waals surface area contributed by atoms with E-state index < -0.39 is 0 Å². The topological polar surface area (TPSA) is 54.2 Å². The molecule has 5 heteroatoms. The monoisotopic (exact) mass is 198 g/mol. The lowest BCUT2D eigenvalue weighted by atomic mass is 10.1. The van der Waals surface area contributed by atoms with Gasteiger partial charge in [0.15, 0.2) is 0 Å². The summed E-state index contributed by atoms with van der Waals surface area (Å²) in [6, 6.07) is 0. The lowest BCUT2D eigenvalue weighted by molar-refractivity contribution is 0.0724. The number of aryl methyl sites for hydroxylation is 1. The van der Waals surface area contributed by atoms with E-state index in [1.807, 2.05) is 34.1 Å². The first-order valence-electron chi connectivity index (χ1n) is 4.63. The molecule has 1 N–H and O–H groups in total. The molecule has 0 aliphatic heterocycles. The second kappa shape index (κ2) is 4.06. The maximum absolute atomic E-state index is 9.16. The summed E-state index contributed by atoms with van der Waals surface area (Å²) >= 11 is 0. The predicted octanol–water partition coefficient (Wildman–Crippen LogP) is 0.0178. The van der Waals surface area contributed by atoms with Gasteiger partial charge in [-0.2, -0.15) is 0 Å². The lowest BCUT2D eigenvalue weighted by Crippen LogP contribution is -2.43. The summed E-state index contributed by atoms with van der Waals surface area (Å²) in [5.74, 6) is 0. The number of nitrogens with zero attached hydrogens (tertiary/aromatic N) is 4. The molecular formula is C9H18N4O. The fourth-order valence-corrected chi connectivity index (χ4v) is 1.05. The second-order valence-electron chi connectivity index (χ2n) is 4.21. The third-order valence-corrected chi connectivity index (χ3v) is 2.47. The molecule has 0 unspecified atom stereocenters. The molecule has 0 atom stereocenters. The zero-order valence-corrected chi connectivity index (χ0v) is 9.23. The third-order valence-electron chi connectivity index (χ3n) is 2.47. The molecule has 1 rings (SSSR count). The van der Waals surface area contributed by atoms with E-state index in [1.54, 1.807) is 4.68 Å². The SMILES string of the molecule is CN(Cc1cn(C)nn1)C(C)(C)CO. The van der Waals surface area contributed by atoms with Crippen LogP contribution in [0.2, 0.25) is 0 Å². The van der Waals surface area contributed by atoms with Gasteiger partial charge in [0.05, 0.1) is 12.3 Å². The minimum Gasteiger partial charge on any atom is -0.394 e. The van der Waals surface area contributed by atoms with E-state index in [1.165, 1.54) is 0 Å². The van der Waals surface area contributed by atoms with Crippen molar-refractivity contribution in [3.8, 4) is 0 Å². The summed E-state index contributed by atoms with van der Waals surface area (Å²) in [5.41, 5.74) is 0.689. The van der Waals surface area contributed by atoms with Gasteiger partial charge in [0.25, 0.3) is 0 Å². The zero-order chi connectivity index (χ0) is 10.8. The van der Waals surface area contributed by atoms with Crippen molar-refractivity contribution < 1.29 is 5.11 Å².